The highest BCUT2D eigenvalue weighted by Crippen LogP contribution is 2.17. The average Bonchev–Trinajstić information content (AvgIpc) is 2.28. The molecule has 7 nitrogen and oxygen atoms in total. The van der Waals surface area contributed by atoms with Crippen LogP contribution in [0.1, 0.15) is 10.4 Å². The minimum absolute atomic E-state index is 0.299. The number of halogens is 1. The van der Waals surface area contributed by atoms with E-state index in [9.17, 15) is 26.0 Å². The lowest BCUT2D eigenvalue weighted by Gasteiger charge is -2.09. The molecule has 0 amide bonds. The first-order valence-electron chi connectivity index (χ1n) is 5.21. The smallest absolute Gasteiger partial charge is 0.335 e. The van der Waals surface area contributed by atoms with Crippen molar-refractivity contribution in [2.24, 2.45) is 0 Å². The van der Waals surface area contributed by atoms with Gasteiger partial charge >= 0.3 is 5.97 Å². The summed E-state index contributed by atoms with van der Waals surface area (Å²) in [4.78, 5) is 10.7. The van der Waals surface area contributed by atoms with Crippen LogP contribution in [0, 0.1) is 5.82 Å². The summed E-state index contributed by atoms with van der Waals surface area (Å²) in [6.45, 7) is 0. The Hall–Kier alpha value is -1.68. The highest BCUT2D eigenvalue weighted by Gasteiger charge is 2.17. The van der Waals surface area contributed by atoms with Crippen molar-refractivity contribution < 1.29 is 31.1 Å². The van der Waals surface area contributed by atoms with Crippen molar-refractivity contribution in [2.75, 3.05) is 22.5 Å². The Bertz CT molecular complexity index is 726. The van der Waals surface area contributed by atoms with Gasteiger partial charge in [0.25, 0.3) is 0 Å². The van der Waals surface area contributed by atoms with E-state index in [1.807, 2.05) is 4.72 Å². The third-order valence-corrected chi connectivity index (χ3v) is 4.68. The fraction of sp³-hybridized carbons (Fsp3) is 0.300. The van der Waals surface area contributed by atoms with Crippen LogP contribution in [0.25, 0.3) is 0 Å². The molecule has 20 heavy (non-hydrogen) atoms. The molecule has 0 radical (unpaired) electrons. The summed E-state index contributed by atoms with van der Waals surface area (Å²) < 4.78 is 60.2. The van der Waals surface area contributed by atoms with Gasteiger partial charge in [-0.15, -0.1) is 0 Å². The van der Waals surface area contributed by atoms with Gasteiger partial charge in [-0.1, -0.05) is 0 Å². The first-order chi connectivity index (χ1) is 9.00. The molecule has 0 aliphatic rings. The number of sulfone groups is 1. The minimum Gasteiger partial charge on any atom is -0.478 e. The molecule has 0 aliphatic heterocycles. The fourth-order valence-electron chi connectivity index (χ4n) is 1.22. The van der Waals surface area contributed by atoms with Gasteiger partial charge in [-0.25, -0.2) is 26.0 Å². The van der Waals surface area contributed by atoms with Crippen LogP contribution in [0.5, 0.6) is 0 Å². The number of rotatable bonds is 6. The minimum atomic E-state index is -4.09. The number of nitrogens with one attached hydrogen (secondary N) is 1. The largest absolute Gasteiger partial charge is 0.478 e. The summed E-state index contributed by atoms with van der Waals surface area (Å²) >= 11 is 0. The van der Waals surface area contributed by atoms with Crippen LogP contribution >= 0.6 is 0 Å². The van der Waals surface area contributed by atoms with Crippen molar-refractivity contribution in [3.05, 3.63) is 29.6 Å². The third kappa shape index (κ3) is 5.13. The number of carboxylic acid groups (broad SMARTS) is 1. The van der Waals surface area contributed by atoms with Crippen molar-refractivity contribution >= 4 is 31.5 Å². The second-order valence-corrected chi connectivity index (χ2v) is 8.15. The Kier molecular flexibility index (Phi) is 4.71. The second-order valence-electron chi connectivity index (χ2n) is 4.05. The van der Waals surface area contributed by atoms with Crippen LogP contribution in [-0.2, 0) is 19.9 Å². The topological polar surface area (TPSA) is 118 Å². The Labute approximate surface area is 115 Å². The van der Waals surface area contributed by atoms with Crippen molar-refractivity contribution in [2.45, 2.75) is 0 Å². The van der Waals surface area contributed by atoms with E-state index in [0.717, 1.165) is 24.5 Å². The number of hydrogen-bond acceptors (Lipinski definition) is 5. The molecule has 0 bridgehead atoms. The summed E-state index contributed by atoms with van der Waals surface area (Å²) in [5, 5.41) is 8.73. The van der Waals surface area contributed by atoms with Gasteiger partial charge in [-0.2, -0.15) is 0 Å². The number of sulfonamides is 1. The highest BCUT2D eigenvalue weighted by molar-refractivity contribution is 7.95. The summed E-state index contributed by atoms with van der Waals surface area (Å²) in [5.41, 5.74) is -0.842. The zero-order valence-corrected chi connectivity index (χ0v) is 12.0. The van der Waals surface area contributed by atoms with Crippen molar-refractivity contribution in [1.82, 2.24) is 0 Å². The molecule has 0 fully saturated rings. The van der Waals surface area contributed by atoms with Crippen molar-refractivity contribution in [3.63, 3.8) is 0 Å². The summed E-state index contributed by atoms with van der Waals surface area (Å²) in [6.07, 6.45) is 0.869. The summed E-state index contributed by atoms with van der Waals surface area (Å²) in [7, 11) is -7.58. The maximum absolute atomic E-state index is 13.4. The van der Waals surface area contributed by atoms with Crippen LogP contribution in [-0.4, -0.2) is 45.7 Å². The van der Waals surface area contributed by atoms with Gasteiger partial charge in [0.05, 0.1) is 22.8 Å². The quantitative estimate of drug-likeness (QED) is 0.777. The average molecular weight is 325 g/mol. The van der Waals surface area contributed by atoms with Gasteiger partial charge in [-0.3, -0.25) is 4.72 Å². The van der Waals surface area contributed by atoms with Gasteiger partial charge in [0.1, 0.15) is 15.7 Å². The van der Waals surface area contributed by atoms with E-state index in [1.54, 1.807) is 0 Å². The van der Waals surface area contributed by atoms with Gasteiger partial charge in [0, 0.05) is 6.26 Å². The Balaban J connectivity index is 2.97. The maximum atomic E-state index is 13.4. The van der Waals surface area contributed by atoms with E-state index in [2.05, 4.69) is 0 Å². The Morgan fingerprint density at radius 1 is 1.25 bits per heavy atom. The van der Waals surface area contributed by atoms with E-state index in [1.165, 1.54) is 0 Å². The molecule has 0 atom stereocenters. The van der Waals surface area contributed by atoms with Gasteiger partial charge < -0.3 is 5.11 Å². The molecule has 2 N–H and O–H groups in total. The lowest BCUT2D eigenvalue weighted by atomic mass is 10.2. The van der Waals surface area contributed by atoms with Gasteiger partial charge in [0.15, 0.2) is 0 Å². The SMILES string of the molecule is CS(=O)(=O)CCS(=O)(=O)Nc1cc(C(=O)O)ccc1F. The zero-order valence-electron chi connectivity index (χ0n) is 10.3. The number of carbonyl (C=O) groups is 1. The normalized spacial score (nSPS) is 12.1. The fourth-order valence-corrected chi connectivity index (χ4v) is 3.90. The van der Waals surface area contributed by atoms with Gasteiger partial charge in [-0.05, 0) is 18.2 Å². The molecule has 10 heteroatoms. The molecule has 0 saturated heterocycles. The molecular weight excluding hydrogens is 313 g/mol. The third-order valence-electron chi connectivity index (χ3n) is 2.20. The lowest BCUT2D eigenvalue weighted by Crippen LogP contribution is -2.23. The van der Waals surface area contributed by atoms with E-state index in [0.29, 0.717) is 0 Å². The summed E-state index contributed by atoms with van der Waals surface area (Å²) in [6, 6.07) is 2.60. The molecular formula is C10H12FNO6S2. The van der Waals surface area contributed by atoms with Gasteiger partial charge in [0.2, 0.25) is 10.0 Å². The van der Waals surface area contributed by atoms with Crippen molar-refractivity contribution in [1.29, 1.82) is 0 Å². The summed E-state index contributed by atoms with van der Waals surface area (Å²) in [5.74, 6) is -3.68. The number of aromatic carboxylic acids is 1. The molecule has 0 heterocycles. The molecule has 112 valence electrons. The second kappa shape index (κ2) is 5.75. The van der Waals surface area contributed by atoms with Crippen LogP contribution < -0.4 is 4.72 Å². The molecule has 1 aromatic carbocycles. The molecule has 0 aliphatic carbocycles. The van der Waals surface area contributed by atoms with E-state index in [4.69, 9.17) is 5.11 Å². The van der Waals surface area contributed by atoms with E-state index >= 15 is 0 Å². The van der Waals surface area contributed by atoms with Crippen LogP contribution in [0.15, 0.2) is 18.2 Å². The van der Waals surface area contributed by atoms with E-state index < -0.39 is 48.8 Å². The van der Waals surface area contributed by atoms with E-state index in [-0.39, 0.29) is 5.56 Å². The molecule has 0 saturated carbocycles. The molecule has 0 spiro atoms. The van der Waals surface area contributed by atoms with Crippen LogP contribution in [0.4, 0.5) is 10.1 Å². The standard InChI is InChI=1S/C10H12FNO6S2/c1-19(15,16)4-5-20(17,18)12-9-6-7(10(13)14)2-3-8(9)11/h2-3,6,12H,4-5H2,1H3,(H,13,14). The van der Waals surface area contributed by atoms with Crippen LogP contribution in [0.3, 0.4) is 0 Å². The van der Waals surface area contributed by atoms with Crippen molar-refractivity contribution in [3.8, 4) is 0 Å². The monoisotopic (exact) mass is 325 g/mol. The Morgan fingerprint density at radius 3 is 2.35 bits per heavy atom. The highest BCUT2D eigenvalue weighted by atomic mass is 32.2. The lowest BCUT2D eigenvalue weighted by molar-refractivity contribution is 0.0697. The predicted octanol–water partition coefficient (Wildman–Crippen LogP) is 0.310. The molecule has 1 rings (SSSR count). The first-order valence-corrected chi connectivity index (χ1v) is 8.92. The molecule has 0 unspecified atom stereocenters. The maximum Gasteiger partial charge on any atom is 0.335 e. The number of hydrogen-bond donors (Lipinski definition) is 2. The molecule has 1 aromatic rings. The van der Waals surface area contributed by atoms with Crippen LogP contribution in [0.2, 0.25) is 0 Å². The first kappa shape index (κ1) is 16.4. The number of benzene rings is 1. The zero-order chi connectivity index (χ0) is 15.6. The number of anilines is 1. The predicted molar refractivity (Wildman–Crippen MR) is 70.5 cm³/mol. The Morgan fingerprint density at radius 2 is 1.85 bits per heavy atom. The number of carboxylic acids is 1. The molecule has 0 aromatic heterocycles.